The van der Waals surface area contributed by atoms with Crippen LogP contribution in [0.3, 0.4) is 0 Å². The molecule has 1 aromatic heterocycles. The van der Waals surface area contributed by atoms with Gasteiger partial charge in [-0.05, 0) is 30.3 Å². The van der Waals surface area contributed by atoms with E-state index in [2.05, 4.69) is 20.9 Å². The van der Waals surface area contributed by atoms with Gasteiger partial charge in [-0.3, -0.25) is 4.57 Å². The van der Waals surface area contributed by atoms with Crippen LogP contribution in [0.5, 0.6) is 5.75 Å². The molecule has 1 heterocycles. The summed E-state index contributed by atoms with van der Waals surface area (Å²) in [6.07, 6.45) is 0. The second-order valence-electron chi connectivity index (χ2n) is 4.35. The van der Waals surface area contributed by atoms with E-state index in [0.29, 0.717) is 11.4 Å². The minimum Gasteiger partial charge on any atom is -0.495 e. The van der Waals surface area contributed by atoms with Gasteiger partial charge in [0.2, 0.25) is 5.95 Å². The number of ether oxygens (including phenoxy) is 1. The van der Waals surface area contributed by atoms with Crippen LogP contribution < -0.4 is 10.5 Å². The molecule has 0 saturated heterocycles. The van der Waals surface area contributed by atoms with Gasteiger partial charge < -0.3 is 10.5 Å². The van der Waals surface area contributed by atoms with Gasteiger partial charge in [0.1, 0.15) is 11.3 Å². The average molecular weight is 354 g/mol. The van der Waals surface area contributed by atoms with E-state index >= 15 is 0 Å². The van der Waals surface area contributed by atoms with E-state index in [1.54, 1.807) is 18.2 Å². The summed E-state index contributed by atoms with van der Waals surface area (Å²) in [7, 11) is 1.49. The Bertz CT molecular complexity index is 848. The first kappa shape index (κ1) is 13.8. The molecule has 2 aromatic carbocycles. The minimum atomic E-state index is -1.00. The number of nitrogens with zero attached hydrogens (tertiary/aromatic N) is 2. The number of benzene rings is 2. The quantitative estimate of drug-likeness (QED) is 0.764. The second-order valence-corrected chi connectivity index (χ2v) is 5.27. The zero-order valence-electron chi connectivity index (χ0n) is 10.9. The Balaban J connectivity index is 2.43. The molecule has 0 atom stereocenters. The summed E-state index contributed by atoms with van der Waals surface area (Å²) in [4.78, 5) is 4.06. The summed E-state index contributed by atoms with van der Waals surface area (Å²) in [6, 6.07) is 7.56. The number of nitrogen functional groups attached to an aromatic ring is 1. The number of halogens is 3. The van der Waals surface area contributed by atoms with Gasteiger partial charge in [0.15, 0.2) is 11.6 Å². The van der Waals surface area contributed by atoms with Gasteiger partial charge in [0, 0.05) is 4.47 Å². The number of nitrogens with two attached hydrogens (primary N) is 1. The molecule has 0 aliphatic rings. The van der Waals surface area contributed by atoms with E-state index in [9.17, 15) is 8.78 Å². The molecule has 0 amide bonds. The first-order valence-corrected chi connectivity index (χ1v) is 6.78. The lowest BCUT2D eigenvalue weighted by atomic mass is 10.2. The van der Waals surface area contributed by atoms with Gasteiger partial charge >= 0.3 is 0 Å². The molecule has 3 aromatic rings. The summed E-state index contributed by atoms with van der Waals surface area (Å²) in [5, 5.41) is 0. The maximum Gasteiger partial charge on any atom is 0.206 e. The molecule has 2 N–H and O–H groups in total. The van der Waals surface area contributed by atoms with Crippen LogP contribution in [-0.2, 0) is 0 Å². The highest BCUT2D eigenvalue weighted by Gasteiger charge is 2.19. The van der Waals surface area contributed by atoms with Crippen molar-refractivity contribution in [3.63, 3.8) is 0 Å². The number of methoxy groups -OCH3 is 1. The molecule has 0 radical (unpaired) electrons. The summed E-state index contributed by atoms with van der Waals surface area (Å²) in [5.74, 6) is -1.45. The van der Waals surface area contributed by atoms with Crippen molar-refractivity contribution >= 4 is 32.9 Å². The van der Waals surface area contributed by atoms with Crippen LogP contribution in [0.25, 0.3) is 16.7 Å². The fourth-order valence-electron chi connectivity index (χ4n) is 2.20. The van der Waals surface area contributed by atoms with Crippen molar-refractivity contribution in [2.24, 2.45) is 0 Å². The van der Waals surface area contributed by atoms with Crippen molar-refractivity contribution in [1.29, 1.82) is 0 Å². The number of hydrogen-bond donors (Lipinski definition) is 1. The number of imidazole rings is 1. The SMILES string of the molecule is COc1ccc(Br)cc1-n1c(N)nc2ccc(F)c(F)c21. The summed E-state index contributed by atoms with van der Waals surface area (Å²) >= 11 is 3.33. The van der Waals surface area contributed by atoms with E-state index in [4.69, 9.17) is 10.5 Å². The van der Waals surface area contributed by atoms with E-state index in [1.807, 2.05) is 0 Å². The van der Waals surface area contributed by atoms with Crippen molar-refractivity contribution < 1.29 is 13.5 Å². The summed E-state index contributed by atoms with van der Waals surface area (Å²) in [5.41, 5.74) is 6.59. The summed E-state index contributed by atoms with van der Waals surface area (Å²) < 4.78 is 35.0. The minimum absolute atomic E-state index is 0.0242. The third-order valence-corrected chi connectivity index (χ3v) is 3.61. The molecule has 0 fully saturated rings. The van der Waals surface area contributed by atoms with Gasteiger partial charge in [0.25, 0.3) is 0 Å². The Labute approximate surface area is 127 Å². The fraction of sp³-hybridized carbons (Fsp3) is 0.0714. The van der Waals surface area contributed by atoms with Crippen molar-refractivity contribution in [2.45, 2.75) is 0 Å². The van der Waals surface area contributed by atoms with Crippen LogP contribution in [0.15, 0.2) is 34.8 Å². The zero-order chi connectivity index (χ0) is 15.1. The number of rotatable bonds is 2. The molecule has 3 rings (SSSR count). The van der Waals surface area contributed by atoms with E-state index in [0.717, 1.165) is 10.5 Å². The molecule has 0 unspecified atom stereocenters. The molecule has 0 bridgehead atoms. The molecule has 108 valence electrons. The first-order valence-electron chi connectivity index (χ1n) is 5.98. The highest BCUT2D eigenvalue weighted by molar-refractivity contribution is 9.10. The predicted molar refractivity (Wildman–Crippen MR) is 79.7 cm³/mol. The maximum atomic E-state index is 14.2. The van der Waals surface area contributed by atoms with Gasteiger partial charge in [-0.25, -0.2) is 13.8 Å². The van der Waals surface area contributed by atoms with Gasteiger partial charge in [-0.1, -0.05) is 15.9 Å². The Morgan fingerprint density at radius 1 is 1.24 bits per heavy atom. The number of fused-ring (bicyclic) bond motifs is 1. The normalized spacial score (nSPS) is 11.0. The van der Waals surface area contributed by atoms with E-state index in [1.165, 1.54) is 17.7 Å². The van der Waals surface area contributed by atoms with Crippen LogP contribution in [0.1, 0.15) is 0 Å². The molecule has 0 spiro atoms. The van der Waals surface area contributed by atoms with Crippen LogP contribution in [0.4, 0.5) is 14.7 Å². The van der Waals surface area contributed by atoms with Crippen molar-refractivity contribution in [2.75, 3.05) is 12.8 Å². The Kier molecular flexibility index (Phi) is 3.29. The molecular weight excluding hydrogens is 344 g/mol. The topological polar surface area (TPSA) is 53.1 Å². The van der Waals surface area contributed by atoms with Crippen LogP contribution in [0, 0.1) is 11.6 Å². The molecule has 0 aliphatic heterocycles. The monoisotopic (exact) mass is 353 g/mol. The standard InChI is InChI=1S/C14H10BrF2N3O/c1-21-11-5-2-7(15)6-10(11)20-13-9(19-14(20)18)4-3-8(16)12(13)17/h2-6H,1H3,(H2,18,19). The molecule has 0 saturated carbocycles. The molecular formula is C14H10BrF2N3O. The lowest BCUT2D eigenvalue weighted by Gasteiger charge is -2.12. The smallest absolute Gasteiger partial charge is 0.206 e. The van der Waals surface area contributed by atoms with Gasteiger partial charge in [-0.2, -0.15) is 0 Å². The molecule has 0 aliphatic carbocycles. The van der Waals surface area contributed by atoms with Gasteiger partial charge in [0.05, 0.1) is 18.3 Å². The number of hydrogen-bond acceptors (Lipinski definition) is 3. The summed E-state index contributed by atoms with van der Waals surface area (Å²) in [6.45, 7) is 0. The first-order chi connectivity index (χ1) is 10.0. The Hall–Kier alpha value is -2.15. The Morgan fingerprint density at radius 2 is 2.00 bits per heavy atom. The third kappa shape index (κ3) is 2.13. The third-order valence-electron chi connectivity index (χ3n) is 3.12. The highest BCUT2D eigenvalue weighted by atomic mass is 79.9. The highest BCUT2D eigenvalue weighted by Crippen LogP contribution is 2.33. The second kappa shape index (κ2) is 5.00. The predicted octanol–water partition coefficient (Wildman–Crippen LogP) is 3.66. The molecule has 21 heavy (non-hydrogen) atoms. The van der Waals surface area contributed by atoms with E-state index < -0.39 is 11.6 Å². The van der Waals surface area contributed by atoms with Crippen LogP contribution >= 0.6 is 15.9 Å². The van der Waals surface area contributed by atoms with Crippen molar-refractivity contribution in [1.82, 2.24) is 9.55 Å². The number of aromatic nitrogens is 2. The van der Waals surface area contributed by atoms with Crippen molar-refractivity contribution in [3.05, 3.63) is 46.4 Å². The van der Waals surface area contributed by atoms with Crippen LogP contribution in [0.2, 0.25) is 0 Å². The zero-order valence-corrected chi connectivity index (χ0v) is 12.5. The lowest BCUT2D eigenvalue weighted by molar-refractivity contribution is 0.413. The lowest BCUT2D eigenvalue weighted by Crippen LogP contribution is -2.04. The largest absolute Gasteiger partial charge is 0.495 e. The molecule has 7 heteroatoms. The molecule has 4 nitrogen and oxygen atoms in total. The number of anilines is 1. The van der Waals surface area contributed by atoms with Crippen molar-refractivity contribution in [3.8, 4) is 11.4 Å². The van der Waals surface area contributed by atoms with Crippen LogP contribution in [-0.4, -0.2) is 16.7 Å². The van der Waals surface area contributed by atoms with Gasteiger partial charge in [-0.15, -0.1) is 0 Å². The average Bonchev–Trinajstić information content (AvgIpc) is 2.80. The fourth-order valence-corrected chi connectivity index (χ4v) is 2.55. The Morgan fingerprint density at radius 3 is 2.71 bits per heavy atom. The van der Waals surface area contributed by atoms with E-state index in [-0.39, 0.29) is 17.0 Å². The maximum absolute atomic E-state index is 14.2.